The molecule has 9 nitrogen and oxygen atoms in total. The van der Waals surface area contributed by atoms with Crippen LogP contribution in [0, 0.1) is 0 Å². The summed E-state index contributed by atoms with van der Waals surface area (Å²) < 4.78 is 4.19. The van der Waals surface area contributed by atoms with Gasteiger partial charge in [-0.25, -0.2) is 20.4 Å². The van der Waals surface area contributed by atoms with Gasteiger partial charge in [-0.15, -0.1) is 0 Å². The molecule has 214 valence electrons. The highest BCUT2D eigenvalue weighted by Crippen LogP contribution is 2.15. The third-order valence-corrected chi connectivity index (χ3v) is 7.18. The van der Waals surface area contributed by atoms with Crippen molar-refractivity contribution < 1.29 is 18.7 Å². The summed E-state index contributed by atoms with van der Waals surface area (Å²) in [4.78, 5) is 29.8. The smallest absolute Gasteiger partial charge is 0.266 e. The molecule has 2 N–H and O–H groups in total. The largest absolute Gasteiger partial charge is 0.289 e. The molecular formula is C35H29N7O2+2. The van der Waals surface area contributed by atoms with Gasteiger partial charge in [0.2, 0.25) is 11.0 Å². The summed E-state index contributed by atoms with van der Waals surface area (Å²) in [5.74, 6) is -1.08. The Labute approximate surface area is 253 Å². The lowest BCUT2D eigenvalue weighted by Gasteiger charge is -2.05. The first kappa shape index (κ1) is 28.0. The number of amides is 2. The van der Waals surface area contributed by atoms with E-state index in [4.69, 9.17) is 0 Å². The maximum atomic E-state index is 12.8. The first-order valence-electron chi connectivity index (χ1n) is 14.0. The molecule has 0 aliphatic carbocycles. The van der Waals surface area contributed by atoms with E-state index in [1.807, 2.05) is 96.8 Å². The zero-order chi connectivity index (χ0) is 30.3. The van der Waals surface area contributed by atoms with Crippen molar-refractivity contribution in [1.29, 1.82) is 0 Å². The number of pyridine rings is 3. The van der Waals surface area contributed by atoms with Gasteiger partial charge < -0.3 is 0 Å². The monoisotopic (exact) mass is 579 g/mol. The molecule has 3 aromatic heterocycles. The average molecular weight is 580 g/mol. The summed E-state index contributed by atoms with van der Waals surface area (Å²) >= 11 is 0. The number of benzene rings is 3. The zero-order valence-corrected chi connectivity index (χ0v) is 24.0. The number of hydrazone groups is 2. The first-order valence-corrected chi connectivity index (χ1v) is 14.0. The molecule has 0 radical (unpaired) electrons. The molecule has 9 heteroatoms. The standard InChI is InChI=1S/C35H27N7O2/c1-41-20-18-26(28-12-5-7-16-32(28)41)22-36-39-34(43)30-14-9-15-31(38-30)35(44)40-37-23-27-19-21-42(24-25-10-3-2-4-11-25)33-17-8-6-13-29(27)33/h2-23H,24H2,1H3/p+2. The Balaban J connectivity index is 1.12. The van der Waals surface area contributed by atoms with Crippen LogP contribution in [0.25, 0.3) is 21.8 Å². The van der Waals surface area contributed by atoms with E-state index in [1.165, 1.54) is 17.7 Å². The fourth-order valence-electron chi connectivity index (χ4n) is 4.96. The number of fused-ring (bicyclic) bond motifs is 2. The third-order valence-electron chi connectivity index (χ3n) is 7.18. The number of nitrogens with zero attached hydrogens (tertiary/aromatic N) is 5. The van der Waals surface area contributed by atoms with Crippen LogP contribution in [0.5, 0.6) is 0 Å². The van der Waals surface area contributed by atoms with Crippen LogP contribution in [-0.4, -0.2) is 29.2 Å². The maximum absolute atomic E-state index is 12.8. The maximum Gasteiger partial charge on any atom is 0.289 e. The van der Waals surface area contributed by atoms with Crippen LogP contribution in [0.3, 0.4) is 0 Å². The summed E-state index contributed by atoms with van der Waals surface area (Å²) in [6.45, 7) is 0.735. The molecular weight excluding hydrogens is 550 g/mol. The number of para-hydroxylation sites is 2. The van der Waals surface area contributed by atoms with E-state index in [2.05, 4.69) is 48.8 Å². The van der Waals surface area contributed by atoms with Crippen molar-refractivity contribution in [2.24, 2.45) is 17.3 Å². The van der Waals surface area contributed by atoms with E-state index in [1.54, 1.807) is 18.5 Å². The second-order valence-electron chi connectivity index (χ2n) is 10.1. The van der Waals surface area contributed by atoms with Crippen LogP contribution in [0.4, 0.5) is 0 Å². The van der Waals surface area contributed by atoms with E-state index in [0.717, 1.165) is 39.5 Å². The molecule has 0 bridgehead atoms. The summed E-state index contributed by atoms with van der Waals surface area (Å²) in [6, 6.07) is 34.7. The van der Waals surface area contributed by atoms with Gasteiger partial charge in [0.1, 0.15) is 18.4 Å². The van der Waals surface area contributed by atoms with Crippen LogP contribution in [0.1, 0.15) is 37.7 Å². The second kappa shape index (κ2) is 12.8. The lowest BCUT2D eigenvalue weighted by molar-refractivity contribution is -0.662. The lowest BCUT2D eigenvalue weighted by Crippen LogP contribution is -2.35. The van der Waals surface area contributed by atoms with Gasteiger partial charge in [-0.1, -0.05) is 60.7 Å². The number of nitrogens with one attached hydrogen (secondary N) is 2. The minimum absolute atomic E-state index is 0.0546. The fourth-order valence-corrected chi connectivity index (χ4v) is 4.96. The number of aromatic nitrogens is 3. The molecule has 6 aromatic rings. The van der Waals surface area contributed by atoms with Gasteiger partial charge in [-0.2, -0.15) is 14.8 Å². The molecule has 0 saturated heterocycles. The second-order valence-corrected chi connectivity index (χ2v) is 10.1. The summed E-state index contributed by atoms with van der Waals surface area (Å²) in [5, 5.41) is 10.3. The SMILES string of the molecule is C[n+]1ccc(/C=N/NC(=O)c2cccc(C(=O)N/N=C/c3cc[n+](Cc4ccccc4)c4ccccc34)n2)c2ccccc21. The zero-order valence-electron chi connectivity index (χ0n) is 24.0. The number of rotatable bonds is 8. The van der Waals surface area contributed by atoms with Gasteiger partial charge in [0, 0.05) is 41.0 Å². The number of hydrogen-bond acceptors (Lipinski definition) is 5. The Morgan fingerprint density at radius 1 is 0.659 bits per heavy atom. The summed E-state index contributed by atoms with van der Waals surface area (Å²) in [7, 11) is 1.97. The van der Waals surface area contributed by atoms with Crippen molar-refractivity contribution >= 4 is 46.0 Å². The molecule has 0 spiro atoms. The molecule has 0 aliphatic rings. The van der Waals surface area contributed by atoms with Crippen molar-refractivity contribution in [2.75, 3.05) is 0 Å². The third kappa shape index (κ3) is 6.22. The van der Waals surface area contributed by atoms with E-state index in [-0.39, 0.29) is 11.4 Å². The summed E-state index contributed by atoms with van der Waals surface area (Å²) in [5.41, 5.74) is 10.1. The van der Waals surface area contributed by atoms with Crippen LogP contribution >= 0.6 is 0 Å². The molecule has 3 heterocycles. The first-order chi connectivity index (χ1) is 21.6. The van der Waals surface area contributed by atoms with Crippen LogP contribution in [-0.2, 0) is 13.6 Å². The van der Waals surface area contributed by atoms with Gasteiger partial charge in [-0.05, 0) is 24.3 Å². The number of carbonyl (C=O) groups excluding carboxylic acids is 2. The highest BCUT2D eigenvalue weighted by molar-refractivity contribution is 6.00. The quantitative estimate of drug-likeness (QED) is 0.161. The van der Waals surface area contributed by atoms with Crippen LogP contribution in [0.2, 0.25) is 0 Å². The van der Waals surface area contributed by atoms with Crippen LogP contribution < -0.4 is 20.0 Å². The van der Waals surface area contributed by atoms with Gasteiger partial charge in [0.05, 0.1) is 23.2 Å². The fraction of sp³-hybridized carbons (Fsp3) is 0.0571. The molecule has 0 saturated carbocycles. The van der Waals surface area contributed by atoms with E-state index < -0.39 is 11.8 Å². The molecule has 44 heavy (non-hydrogen) atoms. The Morgan fingerprint density at radius 3 is 1.86 bits per heavy atom. The topological polar surface area (TPSA) is 104 Å². The van der Waals surface area contributed by atoms with E-state index in [0.29, 0.717) is 0 Å². The average Bonchev–Trinajstić information content (AvgIpc) is 3.07. The normalized spacial score (nSPS) is 11.4. The molecule has 0 fully saturated rings. The van der Waals surface area contributed by atoms with Gasteiger partial charge in [-0.3, -0.25) is 9.59 Å². The number of aryl methyl sites for hydroxylation is 1. The van der Waals surface area contributed by atoms with Crippen molar-refractivity contribution in [1.82, 2.24) is 15.8 Å². The van der Waals surface area contributed by atoms with Crippen molar-refractivity contribution in [3.63, 3.8) is 0 Å². The number of hydrogen-bond donors (Lipinski definition) is 2. The van der Waals surface area contributed by atoms with Crippen molar-refractivity contribution in [2.45, 2.75) is 6.54 Å². The molecule has 0 aliphatic heterocycles. The molecule has 3 aromatic carbocycles. The molecule has 2 amide bonds. The predicted molar refractivity (Wildman–Crippen MR) is 169 cm³/mol. The highest BCUT2D eigenvalue weighted by Gasteiger charge is 2.14. The Hall–Kier alpha value is -6.09. The van der Waals surface area contributed by atoms with Gasteiger partial charge >= 0.3 is 0 Å². The van der Waals surface area contributed by atoms with E-state index in [9.17, 15) is 9.59 Å². The molecule has 6 rings (SSSR count). The minimum atomic E-state index is -0.539. The van der Waals surface area contributed by atoms with Crippen LogP contribution in [0.15, 0.2) is 132 Å². The van der Waals surface area contributed by atoms with Crippen molar-refractivity contribution in [3.8, 4) is 0 Å². The van der Waals surface area contributed by atoms with Crippen molar-refractivity contribution in [3.05, 3.63) is 150 Å². The minimum Gasteiger partial charge on any atom is -0.266 e. The lowest BCUT2D eigenvalue weighted by atomic mass is 10.1. The number of carbonyl (C=O) groups is 2. The molecule has 0 unspecified atom stereocenters. The Kier molecular flexibility index (Phi) is 8.18. The summed E-state index contributed by atoms with van der Waals surface area (Å²) in [6.07, 6.45) is 7.12. The Bertz CT molecular complexity index is 2060. The Morgan fingerprint density at radius 2 is 1.20 bits per heavy atom. The van der Waals surface area contributed by atoms with E-state index >= 15 is 0 Å². The highest BCUT2D eigenvalue weighted by atomic mass is 16.2. The van der Waals surface area contributed by atoms with Gasteiger partial charge in [0.15, 0.2) is 18.9 Å². The van der Waals surface area contributed by atoms with Gasteiger partial charge in [0.25, 0.3) is 11.8 Å². The molecule has 0 atom stereocenters. The predicted octanol–water partition coefficient (Wildman–Crippen LogP) is 4.08.